The first-order valence-electron chi connectivity index (χ1n) is 4.43. The second-order valence-corrected chi connectivity index (χ2v) is 3.14. The molecule has 0 radical (unpaired) electrons. The van der Waals surface area contributed by atoms with Crippen molar-refractivity contribution in [2.24, 2.45) is 5.92 Å². The van der Waals surface area contributed by atoms with E-state index >= 15 is 0 Å². The van der Waals surface area contributed by atoms with E-state index < -0.39 is 0 Å². The monoisotopic (exact) mass is 173 g/mol. The number of nitrogens with one attached hydrogen (secondary N) is 1. The Morgan fingerprint density at radius 2 is 2.08 bits per heavy atom. The summed E-state index contributed by atoms with van der Waals surface area (Å²) in [6.07, 6.45) is 1.08. The van der Waals surface area contributed by atoms with Gasteiger partial charge < -0.3 is 10.1 Å². The van der Waals surface area contributed by atoms with Gasteiger partial charge in [0.25, 0.3) is 0 Å². The zero-order chi connectivity index (χ0) is 9.56. The number of hydrogen-bond acceptors (Lipinski definition) is 3. The van der Waals surface area contributed by atoms with Gasteiger partial charge in [-0.3, -0.25) is 4.79 Å². The van der Waals surface area contributed by atoms with Gasteiger partial charge in [0.1, 0.15) is 0 Å². The molecule has 0 bridgehead atoms. The lowest BCUT2D eigenvalue weighted by Crippen LogP contribution is -2.33. The van der Waals surface area contributed by atoms with Crippen LogP contribution in [0.3, 0.4) is 0 Å². The second kappa shape index (κ2) is 6.00. The second-order valence-electron chi connectivity index (χ2n) is 3.14. The molecular weight excluding hydrogens is 154 g/mol. The van der Waals surface area contributed by atoms with Crippen LogP contribution in [-0.2, 0) is 9.53 Å². The zero-order valence-corrected chi connectivity index (χ0v) is 8.39. The maximum atomic E-state index is 11.0. The van der Waals surface area contributed by atoms with Crippen LogP contribution in [0.25, 0.3) is 0 Å². The lowest BCUT2D eigenvalue weighted by atomic mass is 10.1. The molecule has 2 atom stereocenters. The molecule has 72 valence electrons. The van der Waals surface area contributed by atoms with Gasteiger partial charge in [-0.2, -0.15) is 0 Å². The van der Waals surface area contributed by atoms with Gasteiger partial charge in [0.15, 0.2) is 0 Å². The average molecular weight is 173 g/mol. The van der Waals surface area contributed by atoms with E-state index in [1.54, 1.807) is 0 Å². The van der Waals surface area contributed by atoms with Crippen LogP contribution in [0.15, 0.2) is 0 Å². The predicted octanol–water partition coefficient (Wildman–Crippen LogP) is 1.18. The van der Waals surface area contributed by atoms with Gasteiger partial charge in [0.05, 0.1) is 13.0 Å². The molecule has 0 saturated carbocycles. The van der Waals surface area contributed by atoms with Gasteiger partial charge in [-0.1, -0.05) is 13.8 Å². The minimum Gasteiger partial charge on any atom is -0.469 e. The SMILES string of the molecule is CC[C@@H](C)NC[C@H](C)C(=O)OC. The third-order valence-electron chi connectivity index (χ3n) is 1.99. The maximum Gasteiger partial charge on any atom is 0.309 e. The van der Waals surface area contributed by atoms with E-state index in [0.717, 1.165) is 6.42 Å². The standard InChI is InChI=1S/C9H19NO2/c1-5-8(3)10-6-7(2)9(11)12-4/h7-8,10H,5-6H2,1-4H3/t7-,8+/m0/s1. The minimum absolute atomic E-state index is 0.0519. The predicted molar refractivity (Wildman–Crippen MR) is 48.9 cm³/mol. The van der Waals surface area contributed by atoms with E-state index in [1.165, 1.54) is 7.11 Å². The molecule has 0 heterocycles. The van der Waals surface area contributed by atoms with Crippen LogP contribution in [-0.4, -0.2) is 25.7 Å². The van der Waals surface area contributed by atoms with Crippen molar-refractivity contribution in [3.63, 3.8) is 0 Å². The average Bonchev–Trinajstić information content (AvgIpc) is 2.11. The van der Waals surface area contributed by atoms with Crippen LogP contribution in [0.4, 0.5) is 0 Å². The number of carbonyl (C=O) groups is 1. The van der Waals surface area contributed by atoms with E-state index in [4.69, 9.17) is 0 Å². The van der Waals surface area contributed by atoms with Crippen molar-refractivity contribution in [2.75, 3.05) is 13.7 Å². The van der Waals surface area contributed by atoms with Gasteiger partial charge >= 0.3 is 5.97 Å². The summed E-state index contributed by atoms with van der Waals surface area (Å²) >= 11 is 0. The molecule has 0 aliphatic carbocycles. The normalized spacial score (nSPS) is 15.3. The molecule has 1 N–H and O–H groups in total. The number of hydrogen-bond donors (Lipinski definition) is 1. The first kappa shape index (κ1) is 11.4. The van der Waals surface area contributed by atoms with E-state index in [-0.39, 0.29) is 11.9 Å². The first-order valence-corrected chi connectivity index (χ1v) is 4.43. The first-order chi connectivity index (χ1) is 5.61. The summed E-state index contributed by atoms with van der Waals surface area (Å²) in [6, 6.07) is 0.470. The molecule has 0 saturated heterocycles. The quantitative estimate of drug-likeness (QED) is 0.634. The highest BCUT2D eigenvalue weighted by atomic mass is 16.5. The third-order valence-corrected chi connectivity index (χ3v) is 1.99. The van der Waals surface area contributed by atoms with E-state index in [2.05, 4.69) is 23.9 Å². The summed E-state index contributed by atoms with van der Waals surface area (Å²) in [4.78, 5) is 11.0. The highest BCUT2D eigenvalue weighted by Crippen LogP contribution is 1.97. The molecule has 0 aliphatic rings. The van der Waals surface area contributed by atoms with Gasteiger partial charge in [0, 0.05) is 12.6 Å². The van der Waals surface area contributed by atoms with Gasteiger partial charge in [0.2, 0.25) is 0 Å². The summed E-state index contributed by atoms with van der Waals surface area (Å²) in [6.45, 7) is 6.77. The number of methoxy groups -OCH3 is 1. The largest absolute Gasteiger partial charge is 0.469 e. The Bertz CT molecular complexity index is 136. The fraction of sp³-hybridized carbons (Fsp3) is 0.889. The molecule has 0 aromatic carbocycles. The van der Waals surface area contributed by atoms with Crippen LogP contribution in [0, 0.1) is 5.92 Å². The Morgan fingerprint density at radius 3 is 2.50 bits per heavy atom. The van der Waals surface area contributed by atoms with E-state index in [0.29, 0.717) is 12.6 Å². The van der Waals surface area contributed by atoms with Crippen molar-refractivity contribution in [1.82, 2.24) is 5.32 Å². The molecule has 0 fully saturated rings. The zero-order valence-electron chi connectivity index (χ0n) is 8.39. The molecule has 0 unspecified atom stereocenters. The van der Waals surface area contributed by atoms with Gasteiger partial charge in [-0.15, -0.1) is 0 Å². The van der Waals surface area contributed by atoms with E-state index in [9.17, 15) is 4.79 Å². The van der Waals surface area contributed by atoms with Crippen LogP contribution < -0.4 is 5.32 Å². The fourth-order valence-electron chi connectivity index (χ4n) is 0.807. The molecule has 0 spiro atoms. The van der Waals surface area contributed by atoms with E-state index in [1.807, 2.05) is 6.92 Å². The van der Waals surface area contributed by atoms with Crippen LogP contribution in [0.5, 0.6) is 0 Å². The Hall–Kier alpha value is -0.570. The van der Waals surface area contributed by atoms with Crippen LogP contribution in [0.2, 0.25) is 0 Å². The maximum absolute atomic E-state index is 11.0. The summed E-state index contributed by atoms with van der Waals surface area (Å²) in [5, 5.41) is 3.25. The molecule has 0 aromatic rings. The van der Waals surface area contributed by atoms with Crippen molar-refractivity contribution in [3.8, 4) is 0 Å². The molecular formula is C9H19NO2. The molecule has 0 amide bonds. The summed E-state index contributed by atoms with van der Waals surface area (Å²) in [5.41, 5.74) is 0. The van der Waals surface area contributed by atoms with Gasteiger partial charge in [-0.25, -0.2) is 0 Å². The third kappa shape index (κ3) is 4.34. The lowest BCUT2D eigenvalue weighted by Gasteiger charge is -2.14. The van der Waals surface area contributed by atoms with Crippen molar-refractivity contribution in [2.45, 2.75) is 33.2 Å². The Kier molecular flexibility index (Phi) is 5.72. The fourth-order valence-corrected chi connectivity index (χ4v) is 0.807. The Labute approximate surface area is 74.5 Å². The number of carbonyl (C=O) groups excluding carboxylic acids is 1. The summed E-state index contributed by atoms with van der Waals surface area (Å²) in [5.74, 6) is -0.199. The van der Waals surface area contributed by atoms with Crippen molar-refractivity contribution >= 4 is 5.97 Å². The van der Waals surface area contributed by atoms with Gasteiger partial charge in [-0.05, 0) is 13.3 Å². The lowest BCUT2D eigenvalue weighted by molar-refractivity contribution is -0.144. The minimum atomic E-state index is -0.147. The summed E-state index contributed by atoms with van der Waals surface area (Å²) in [7, 11) is 1.42. The smallest absolute Gasteiger partial charge is 0.309 e. The number of esters is 1. The molecule has 3 nitrogen and oxygen atoms in total. The van der Waals surface area contributed by atoms with Crippen molar-refractivity contribution in [1.29, 1.82) is 0 Å². The topological polar surface area (TPSA) is 38.3 Å². The van der Waals surface area contributed by atoms with Crippen molar-refractivity contribution < 1.29 is 9.53 Å². The van der Waals surface area contributed by atoms with Crippen molar-refractivity contribution in [3.05, 3.63) is 0 Å². The highest BCUT2D eigenvalue weighted by Gasteiger charge is 2.12. The van der Waals surface area contributed by atoms with Crippen LogP contribution >= 0.6 is 0 Å². The molecule has 0 aliphatic heterocycles. The molecule has 0 rings (SSSR count). The summed E-state index contributed by atoms with van der Waals surface area (Å²) < 4.78 is 4.60. The Morgan fingerprint density at radius 1 is 1.50 bits per heavy atom. The molecule has 3 heteroatoms. The van der Waals surface area contributed by atoms with Crippen LogP contribution in [0.1, 0.15) is 27.2 Å². The molecule has 12 heavy (non-hydrogen) atoms. The number of ether oxygens (including phenoxy) is 1. The Balaban J connectivity index is 3.56. The number of rotatable bonds is 5. The highest BCUT2D eigenvalue weighted by molar-refractivity contribution is 5.71. The molecule has 0 aromatic heterocycles.